The predicted molar refractivity (Wildman–Crippen MR) is 104 cm³/mol. The molecule has 0 unspecified atom stereocenters. The average Bonchev–Trinajstić information content (AvgIpc) is 2.58. The Bertz CT molecular complexity index is 860. The molecule has 0 heterocycles. The van der Waals surface area contributed by atoms with E-state index in [1.54, 1.807) is 36.4 Å². The summed E-state index contributed by atoms with van der Waals surface area (Å²) < 4.78 is 30.7. The van der Waals surface area contributed by atoms with E-state index in [4.69, 9.17) is 16.3 Å². The third-order valence-electron chi connectivity index (χ3n) is 3.44. The van der Waals surface area contributed by atoms with Gasteiger partial charge in [0.05, 0.1) is 25.6 Å². The average molecular weight is 398 g/mol. The minimum Gasteiger partial charge on any atom is -0.495 e. The Kier molecular flexibility index (Phi) is 6.70. The number of hydrogen-bond acceptors (Lipinski definition) is 4. The molecule has 0 radical (unpaired) electrons. The second kappa shape index (κ2) is 8.77. The molecule has 2 rings (SSSR count). The van der Waals surface area contributed by atoms with Crippen molar-refractivity contribution < 1.29 is 17.9 Å². The van der Waals surface area contributed by atoms with Crippen LogP contribution < -0.4 is 19.7 Å². The van der Waals surface area contributed by atoms with Crippen LogP contribution in [-0.4, -0.2) is 40.9 Å². The molecule has 2 aromatic rings. The molecule has 0 fully saturated rings. The third kappa shape index (κ3) is 5.53. The summed E-state index contributed by atoms with van der Waals surface area (Å²) in [5, 5.41) is 5.67. The van der Waals surface area contributed by atoms with E-state index in [-0.39, 0.29) is 13.1 Å². The molecule has 0 aromatic heterocycles. The van der Waals surface area contributed by atoms with Gasteiger partial charge in [-0.05, 0) is 30.3 Å². The SMILES string of the molecule is COc1ccc(Cl)cc1N(CCNC(=O)Nc1ccccc1)S(C)(=O)=O. The van der Waals surface area contributed by atoms with Crippen molar-refractivity contribution in [2.24, 2.45) is 0 Å². The first-order valence-corrected chi connectivity index (χ1v) is 9.95. The highest BCUT2D eigenvalue weighted by atomic mass is 35.5. The molecule has 2 aromatic carbocycles. The lowest BCUT2D eigenvalue weighted by Crippen LogP contribution is -2.39. The Hall–Kier alpha value is -2.45. The topological polar surface area (TPSA) is 87.7 Å². The zero-order chi connectivity index (χ0) is 19.2. The Morgan fingerprint density at radius 3 is 2.50 bits per heavy atom. The van der Waals surface area contributed by atoms with Gasteiger partial charge in [-0.1, -0.05) is 29.8 Å². The van der Waals surface area contributed by atoms with Gasteiger partial charge in [0.25, 0.3) is 0 Å². The van der Waals surface area contributed by atoms with E-state index in [2.05, 4.69) is 10.6 Å². The first kappa shape index (κ1) is 19.9. The van der Waals surface area contributed by atoms with Crippen LogP contribution in [0, 0.1) is 0 Å². The van der Waals surface area contributed by atoms with Crippen molar-refractivity contribution in [3.63, 3.8) is 0 Å². The van der Waals surface area contributed by atoms with E-state index >= 15 is 0 Å². The minimum atomic E-state index is -3.60. The summed E-state index contributed by atoms with van der Waals surface area (Å²) >= 11 is 5.99. The summed E-state index contributed by atoms with van der Waals surface area (Å²) in [4.78, 5) is 11.9. The van der Waals surface area contributed by atoms with Crippen LogP contribution in [0.15, 0.2) is 48.5 Å². The third-order valence-corrected chi connectivity index (χ3v) is 4.86. The van der Waals surface area contributed by atoms with E-state index < -0.39 is 16.1 Å². The summed E-state index contributed by atoms with van der Waals surface area (Å²) in [7, 11) is -2.16. The maximum absolute atomic E-state index is 12.2. The zero-order valence-corrected chi connectivity index (χ0v) is 16.0. The molecular weight excluding hydrogens is 378 g/mol. The number of anilines is 2. The molecule has 0 saturated carbocycles. The molecule has 0 bridgehead atoms. The number of amides is 2. The molecule has 9 heteroatoms. The second-order valence-electron chi connectivity index (χ2n) is 5.40. The number of benzene rings is 2. The van der Waals surface area contributed by atoms with Crippen LogP contribution in [0.3, 0.4) is 0 Å². The first-order valence-electron chi connectivity index (χ1n) is 7.72. The van der Waals surface area contributed by atoms with Crippen molar-refractivity contribution in [1.82, 2.24) is 5.32 Å². The quantitative estimate of drug-likeness (QED) is 0.751. The molecular formula is C17H20ClN3O4S. The first-order chi connectivity index (χ1) is 12.3. The maximum Gasteiger partial charge on any atom is 0.319 e. The van der Waals surface area contributed by atoms with Gasteiger partial charge in [0, 0.05) is 17.3 Å². The van der Waals surface area contributed by atoms with Crippen molar-refractivity contribution in [3.8, 4) is 5.75 Å². The summed E-state index contributed by atoms with van der Waals surface area (Å²) in [6, 6.07) is 13.2. The lowest BCUT2D eigenvalue weighted by Gasteiger charge is -2.24. The molecule has 0 aliphatic heterocycles. The van der Waals surface area contributed by atoms with Gasteiger partial charge < -0.3 is 15.4 Å². The summed E-state index contributed by atoms with van der Waals surface area (Å²) in [5.41, 5.74) is 0.953. The number of nitrogens with zero attached hydrogens (tertiary/aromatic N) is 1. The Labute approximate surface area is 158 Å². The number of nitrogens with one attached hydrogen (secondary N) is 2. The molecule has 26 heavy (non-hydrogen) atoms. The number of carbonyl (C=O) groups is 1. The van der Waals surface area contributed by atoms with Crippen LogP contribution in [0.2, 0.25) is 5.02 Å². The maximum atomic E-state index is 12.2. The smallest absolute Gasteiger partial charge is 0.319 e. The number of halogens is 1. The number of ether oxygens (including phenoxy) is 1. The van der Waals surface area contributed by atoms with E-state index in [1.807, 2.05) is 6.07 Å². The number of hydrogen-bond donors (Lipinski definition) is 2. The van der Waals surface area contributed by atoms with Gasteiger partial charge in [0.2, 0.25) is 10.0 Å². The largest absolute Gasteiger partial charge is 0.495 e. The highest BCUT2D eigenvalue weighted by Crippen LogP contribution is 2.32. The van der Waals surface area contributed by atoms with Crippen LogP contribution >= 0.6 is 11.6 Å². The lowest BCUT2D eigenvalue weighted by atomic mass is 10.3. The van der Waals surface area contributed by atoms with Gasteiger partial charge in [-0.15, -0.1) is 0 Å². The number of sulfonamides is 1. The van der Waals surface area contributed by atoms with Gasteiger partial charge in [-0.3, -0.25) is 4.31 Å². The van der Waals surface area contributed by atoms with Crippen LogP contribution in [0.1, 0.15) is 0 Å². The van der Waals surface area contributed by atoms with Crippen LogP contribution in [0.25, 0.3) is 0 Å². The number of methoxy groups -OCH3 is 1. The second-order valence-corrected chi connectivity index (χ2v) is 7.74. The number of carbonyl (C=O) groups excluding carboxylic acids is 1. The molecule has 2 N–H and O–H groups in total. The molecule has 0 aliphatic rings. The van der Waals surface area contributed by atoms with Gasteiger partial charge in [-0.25, -0.2) is 13.2 Å². The van der Waals surface area contributed by atoms with Crippen LogP contribution in [0.5, 0.6) is 5.75 Å². The molecule has 0 atom stereocenters. The number of rotatable bonds is 7. The van der Waals surface area contributed by atoms with Crippen LogP contribution in [0.4, 0.5) is 16.2 Å². The summed E-state index contributed by atoms with van der Waals surface area (Å²) in [5.74, 6) is 0.369. The van der Waals surface area contributed by atoms with E-state index in [1.165, 1.54) is 13.2 Å². The lowest BCUT2D eigenvalue weighted by molar-refractivity contribution is 0.252. The minimum absolute atomic E-state index is 0.0255. The number of urea groups is 1. The molecule has 0 aliphatic carbocycles. The van der Waals surface area contributed by atoms with Gasteiger partial charge in [0.15, 0.2) is 0 Å². The standard InChI is InChI=1S/C17H20ClN3O4S/c1-25-16-9-8-13(18)12-15(16)21(26(2,23)24)11-10-19-17(22)20-14-6-4-3-5-7-14/h3-9,12H,10-11H2,1-2H3,(H2,19,20,22). The summed E-state index contributed by atoms with van der Waals surface area (Å²) in [6.45, 7) is 0.124. The van der Waals surface area contributed by atoms with E-state index in [9.17, 15) is 13.2 Å². The zero-order valence-electron chi connectivity index (χ0n) is 14.4. The molecule has 7 nitrogen and oxygen atoms in total. The Morgan fingerprint density at radius 2 is 1.88 bits per heavy atom. The fraction of sp³-hybridized carbons (Fsp3) is 0.235. The van der Waals surface area contributed by atoms with Gasteiger partial charge in [0.1, 0.15) is 5.75 Å². The van der Waals surface area contributed by atoms with Gasteiger partial charge in [-0.2, -0.15) is 0 Å². The molecule has 0 spiro atoms. The van der Waals surface area contributed by atoms with Crippen molar-refractivity contribution in [3.05, 3.63) is 53.6 Å². The predicted octanol–water partition coefficient (Wildman–Crippen LogP) is 2.94. The van der Waals surface area contributed by atoms with Crippen molar-refractivity contribution in [2.75, 3.05) is 36.1 Å². The Morgan fingerprint density at radius 1 is 1.19 bits per heavy atom. The van der Waals surface area contributed by atoms with Crippen molar-refractivity contribution >= 4 is 39.0 Å². The fourth-order valence-electron chi connectivity index (χ4n) is 2.29. The highest BCUT2D eigenvalue weighted by Gasteiger charge is 2.21. The van der Waals surface area contributed by atoms with E-state index in [0.717, 1.165) is 10.6 Å². The normalized spacial score (nSPS) is 10.9. The fourth-order valence-corrected chi connectivity index (χ4v) is 3.38. The summed E-state index contributed by atoms with van der Waals surface area (Å²) in [6.07, 6.45) is 1.08. The van der Waals surface area contributed by atoms with Crippen molar-refractivity contribution in [2.45, 2.75) is 0 Å². The molecule has 2 amide bonds. The van der Waals surface area contributed by atoms with Crippen molar-refractivity contribution in [1.29, 1.82) is 0 Å². The Balaban J connectivity index is 2.06. The monoisotopic (exact) mass is 397 g/mol. The molecule has 140 valence electrons. The van der Waals surface area contributed by atoms with Gasteiger partial charge >= 0.3 is 6.03 Å². The highest BCUT2D eigenvalue weighted by molar-refractivity contribution is 7.92. The van der Waals surface area contributed by atoms with Crippen LogP contribution in [-0.2, 0) is 10.0 Å². The van der Waals surface area contributed by atoms with E-state index in [0.29, 0.717) is 22.1 Å². The molecule has 0 saturated heterocycles. The number of para-hydroxylation sites is 1.